The maximum atomic E-state index is 11.9. The second kappa shape index (κ2) is 11.5. The fourth-order valence-electron chi connectivity index (χ4n) is 2.18. The summed E-state index contributed by atoms with van der Waals surface area (Å²) in [5, 5.41) is 7.92. The van der Waals surface area contributed by atoms with Gasteiger partial charge in [0.25, 0.3) is 17.0 Å². The van der Waals surface area contributed by atoms with Crippen LogP contribution >= 0.6 is 11.8 Å². The van der Waals surface area contributed by atoms with E-state index >= 15 is 0 Å². The summed E-state index contributed by atoms with van der Waals surface area (Å²) in [4.78, 5) is 23.6. The summed E-state index contributed by atoms with van der Waals surface area (Å²) in [5.74, 6) is 1.22. The molecule has 2 amide bonds. The minimum Gasteiger partial charge on any atom is -0.497 e. The van der Waals surface area contributed by atoms with Crippen LogP contribution in [0.25, 0.3) is 0 Å². The maximum Gasteiger partial charge on any atom is 0.277 e. The number of ether oxygens (including phenoxy) is 3. The number of methoxy groups -OCH3 is 1. The van der Waals surface area contributed by atoms with Crippen LogP contribution in [-0.4, -0.2) is 41.5 Å². The van der Waals surface area contributed by atoms with Crippen LogP contribution in [0.4, 0.5) is 0 Å². The first-order chi connectivity index (χ1) is 15.1. The average molecular weight is 444 g/mol. The predicted octanol–water partition coefficient (Wildman–Crippen LogP) is 1.98. The third-order valence-electron chi connectivity index (χ3n) is 3.65. The molecule has 3 rings (SSSR count). The highest BCUT2D eigenvalue weighted by Gasteiger charge is 2.11. The molecule has 162 valence electrons. The topological polar surface area (TPSA) is 125 Å². The van der Waals surface area contributed by atoms with Crippen molar-refractivity contribution in [1.82, 2.24) is 21.0 Å². The number of benzene rings is 2. The van der Waals surface area contributed by atoms with E-state index in [1.807, 2.05) is 6.07 Å². The van der Waals surface area contributed by atoms with E-state index < -0.39 is 11.8 Å². The molecule has 0 fully saturated rings. The summed E-state index contributed by atoms with van der Waals surface area (Å²) in [5.41, 5.74) is 4.56. The van der Waals surface area contributed by atoms with Crippen molar-refractivity contribution >= 4 is 23.6 Å². The molecule has 0 aliphatic heterocycles. The molecule has 0 radical (unpaired) electrons. The van der Waals surface area contributed by atoms with Gasteiger partial charge in [-0.05, 0) is 36.4 Å². The third kappa shape index (κ3) is 7.55. The summed E-state index contributed by atoms with van der Waals surface area (Å²) in [6, 6.07) is 15.9. The average Bonchev–Trinajstić information content (AvgIpc) is 3.27. The predicted molar refractivity (Wildman–Crippen MR) is 111 cm³/mol. The van der Waals surface area contributed by atoms with Crippen molar-refractivity contribution in [3.8, 4) is 17.2 Å². The second-order valence-corrected chi connectivity index (χ2v) is 6.84. The van der Waals surface area contributed by atoms with Crippen LogP contribution in [0.15, 0.2) is 64.2 Å². The molecule has 1 aromatic heterocycles. The van der Waals surface area contributed by atoms with Gasteiger partial charge in [-0.3, -0.25) is 20.4 Å². The number of nitrogens with zero attached hydrogens (tertiary/aromatic N) is 2. The third-order valence-corrected chi connectivity index (χ3v) is 4.47. The van der Waals surface area contributed by atoms with Gasteiger partial charge in [-0.2, -0.15) is 0 Å². The number of hydrogen-bond donors (Lipinski definition) is 2. The van der Waals surface area contributed by atoms with Crippen LogP contribution < -0.4 is 25.1 Å². The molecule has 0 aliphatic carbocycles. The smallest absolute Gasteiger partial charge is 0.277 e. The van der Waals surface area contributed by atoms with Gasteiger partial charge in [0.2, 0.25) is 5.91 Å². The van der Waals surface area contributed by atoms with Crippen LogP contribution in [0.3, 0.4) is 0 Å². The van der Waals surface area contributed by atoms with Gasteiger partial charge in [0.15, 0.2) is 13.2 Å². The lowest BCUT2D eigenvalue weighted by Gasteiger charge is -2.08. The molecule has 10 nitrogen and oxygen atoms in total. The number of carbonyl (C=O) groups is 2. The van der Waals surface area contributed by atoms with Crippen molar-refractivity contribution in [2.75, 3.05) is 19.5 Å². The van der Waals surface area contributed by atoms with Gasteiger partial charge in [-0.15, -0.1) is 10.2 Å². The zero-order chi connectivity index (χ0) is 21.9. The molecule has 1 heterocycles. The Bertz CT molecular complexity index is 981. The highest BCUT2D eigenvalue weighted by Crippen LogP contribution is 2.19. The summed E-state index contributed by atoms with van der Waals surface area (Å²) in [6.45, 7) is -0.137. The highest BCUT2D eigenvalue weighted by atomic mass is 32.2. The molecule has 2 N–H and O–H groups in total. The largest absolute Gasteiger partial charge is 0.497 e. The van der Waals surface area contributed by atoms with Gasteiger partial charge in [-0.25, -0.2) is 0 Å². The molecule has 2 aromatic carbocycles. The number of para-hydroxylation sites is 1. The van der Waals surface area contributed by atoms with Crippen molar-refractivity contribution in [3.63, 3.8) is 0 Å². The Morgan fingerprint density at radius 2 is 1.58 bits per heavy atom. The van der Waals surface area contributed by atoms with Crippen molar-refractivity contribution in [2.45, 2.75) is 11.8 Å². The minimum atomic E-state index is -0.488. The molecule has 0 unspecified atom stereocenters. The van der Waals surface area contributed by atoms with Crippen LogP contribution in [0, 0.1) is 0 Å². The Hall–Kier alpha value is -3.73. The number of rotatable bonds is 10. The Labute approximate surface area is 182 Å². The quantitative estimate of drug-likeness (QED) is 0.357. The van der Waals surface area contributed by atoms with Crippen molar-refractivity contribution in [2.24, 2.45) is 0 Å². The second-order valence-electron chi connectivity index (χ2n) is 5.91. The molecule has 11 heteroatoms. The summed E-state index contributed by atoms with van der Waals surface area (Å²) >= 11 is 1.03. The van der Waals surface area contributed by atoms with E-state index in [0.29, 0.717) is 11.5 Å². The van der Waals surface area contributed by atoms with Crippen LogP contribution in [0.5, 0.6) is 17.2 Å². The molecular weight excluding hydrogens is 424 g/mol. The van der Waals surface area contributed by atoms with Crippen LogP contribution in [-0.2, 0) is 16.2 Å². The van der Waals surface area contributed by atoms with Crippen molar-refractivity contribution in [3.05, 3.63) is 60.5 Å². The summed E-state index contributed by atoms with van der Waals surface area (Å²) < 4.78 is 21.3. The van der Waals surface area contributed by atoms with Gasteiger partial charge in [0.1, 0.15) is 17.2 Å². The van der Waals surface area contributed by atoms with E-state index in [1.165, 1.54) is 0 Å². The lowest BCUT2D eigenvalue weighted by molar-refractivity contribution is -0.128. The lowest BCUT2D eigenvalue weighted by atomic mass is 10.3. The van der Waals surface area contributed by atoms with Gasteiger partial charge < -0.3 is 18.6 Å². The Morgan fingerprint density at radius 1 is 0.903 bits per heavy atom. The molecule has 0 saturated heterocycles. The Balaban J connectivity index is 1.32. The fourth-order valence-corrected chi connectivity index (χ4v) is 2.76. The van der Waals surface area contributed by atoms with Crippen molar-refractivity contribution in [1.29, 1.82) is 0 Å². The number of aromatic nitrogens is 2. The maximum absolute atomic E-state index is 11.9. The first-order valence-electron chi connectivity index (χ1n) is 9.10. The number of amides is 2. The standard InChI is InChI=1S/C20H20N4O6S/c1-27-14-7-9-16(10-8-14)29-12-19-23-24-20(30-19)31-13-18(26)22-21-17(25)11-28-15-5-3-2-4-6-15/h2-10H,11-13H2,1H3,(H,21,25)(H,22,26). The Kier molecular flexibility index (Phi) is 8.12. The van der Waals surface area contributed by atoms with E-state index in [-0.39, 0.29) is 30.1 Å². The van der Waals surface area contributed by atoms with Gasteiger partial charge in [0, 0.05) is 0 Å². The van der Waals surface area contributed by atoms with Gasteiger partial charge in [-0.1, -0.05) is 30.0 Å². The molecule has 0 saturated carbocycles. The molecule has 31 heavy (non-hydrogen) atoms. The monoisotopic (exact) mass is 444 g/mol. The molecule has 0 bridgehead atoms. The van der Waals surface area contributed by atoms with Crippen molar-refractivity contribution < 1.29 is 28.2 Å². The minimum absolute atomic E-state index is 0.0270. The van der Waals surface area contributed by atoms with E-state index in [1.54, 1.807) is 55.6 Å². The normalized spacial score (nSPS) is 10.2. The zero-order valence-corrected chi connectivity index (χ0v) is 17.4. The number of nitrogens with one attached hydrogen (secondary N) is 2. The Morgan fingerprint density at radius 3 is 2.32 bits per heavy atom. The molecule has 3 aromatic rings. The first-order valence-corrected chi connectivity index (χ1v) is 10.1. The lowest BCUT2D eigenvalue weighted by Crippen LogP contribution is -2.44. The molecule has 0 atom stereocenters. The summed E-state index contributed by atoms with van der Waals surface area (Å²) in [7, 11) is 1.59. The summed E-state index contributed by atoms with van der Waals surface area (Å²) in [6.07, 6.45) is 0. The van der Waals surface area contributed by atoms with Crippen LogP contribution in [0.2, 0.25) is 0 Å². The first kappa shape index (κ1) is 22.0. The van der Waals surface area contributed by atoms with Gasteiger partial charge in [0.05, 0.1) is 12.9 Å². The van der Waals surface area contributed by atoms with E-state index in [0.717, 1.165) is 17.5 Å². The van der Waals surface area contributed by atoms with E-state index in [4.69, 9.17) is 18.6 Å². The molecular formula is C20H20N4O6S. The van der Waals surface area contributed by atoms with E-state index in [9.17, 15) is 9.59 Å². The fraction of sp³-hybridized carbons (Fsp3) is 0.200. The number of thioether (sulfide) groups is 1. The SMILES string of the molecule is COc1ccc(OCc2nnc(SCC(=O)NNC(=O)COc3ccccc3)o2)cc1. The number of hydrazine groups is 1. The number of carbonyl (C=O) groups excluding carboxylic acids is 2. The van der Waals surface area contributed by atoms with Crippen LogP contribution in [0.1, 0.15) is 5.89 Å². The molecule has 0 spiro atoms. The molecule has 0 aliphatic rings. The number of hydrogen-bond acceptors (Lipinski definition) is 9. The zero-order valence-electron chi connectivity index (χ0n) is 16.6. The highest BCUT2D eigenvalue weighted by molar-refractivity contribution is 7.99. The van der Waals surface area contributed by atoms with E-state index in [2.05, 4.69) is 21.0 Å². The van der Waals surface area contributed by atoms with Gasteiger partial charge >= 0.3 is 0 Å².